The molecule has 32 heavy (non-hydrogen) atoms. The van der Waals surface area contributed by atoms with Crippen molar-refractivity contribution in [3.63, 3.8) is 0 Å². The lowest BCUT2D eigenvalue weighted by Gasteiger charge is -2.23. The Hall–Kier alpha value is -3.48. The lowest BCUT2D eigenvalue weighted by Crippen LogP contribution is -2.31. The Morgan fingerprint density at radius 2 is 1.72 bits per heavy atom. The average molecular weight is 442 g/mol. The maximum absolute atomic E-state index is 13.1. The molecule has 0 N–H and O–H groups in total. The normalized spacial score (nSPS) is 11.2. The molecule has 0 aliphatic carbocycles. The summed E-state index contributed by atoms with van der Waals surface area (Å²) in [6, 6.07) is 18.1. The Kier molecular flexibility index (Phi) is 7.41. The SMILES string of the molecule is CCCCOC(=O)N(Cc1cccc(-c2cc(C(F)(F)F)ccc2[O])c1)c1ccccc1. The van der Waals surface area contributed by atoms with Crippen molar-refractivity contribution in [3.05, 3.63) is 83.9 Å². The van der Waals surface area contributed by atoms with Gasteiger partial charge in [-0.3, -0.25) is 10.0 Å². The summed E-state index contributed by atoms with van der Waals surface area (Å²) in [6.45, 7) is 2.42. The molecule has 0 bridgehead atoms. The fourth-order valence-corrected chi connectivity index (χ4v) is 3.20. The van der Waals surface area contributed by atoms with Gasteiger partial charge in [0, 0.05) is 11.3 Å². The summed E-state index contributed by atoms with van der Waals surface area (Å²) in [5.74, 6) is -0.506. The third-order valence-corrected chi connectivity index (χ3v) is 4.90. The molecule has 0 aliphatic rings. The van der Waals surface area contributed by atoms with Crippen LogP contribution in [0.1, 0.15) is 30.9 Å². The van der Waals surface area contributed by atoms with E-state index in [0.29, 0.717) is 23.4 Å². The summed E-state index contributed by atoms with van der Waals surface area (Å²) in [4.78, 5) is 14.2. The van der Waals surface area contributed by atoms with Gasteiger partial charge in [-0.2, -0.15) is 13.2 Å². The molecule has 3 rings (SSSR count). The highest BCUT2D eigenvalue weighted by Crippen LogP contribution is 2.37. The zero-order valence-electron chi connectivity index (χ0n) is 17.6. The van der Waals surface area contributed by atoms with E-state index in [0.717, 1.165) is 31.0 Å². The van der Waals surface area contributed by atoms with E-state index in [1.807, 2.05) is 13.0 Å². The highest BCUT2D eigenvalue weighted by Gasteiger charge is 2.31. The van der Waals surface area contributed by atoms with E-state index in [1.54, 1.807) is 48.5 Å². The van der Waals surface area contributed by atoms with E-state index in [9.17, 15) is 23.1 Å². The molecule has 3 aromatic rings. The monoisotopic (exact) mass is 442 g/mol. The molecule has 0 spiro atoms. The summed E-state index contributed by atoms with van der Waals surface area (Å²) in [5, 5.41) is 12.3. The Balaban J connectivity index is 1.91. The Morgan fingerprint density at radius 3 is 2.41 bits per heavy atom. The van der Waals surface area contributed by atoms with Crippen LogP contribution in [0.2, 0.25) is 0 Å². The van der Waals surface area contributed by atoms with Gasteiger partial charge < -0.3 is 4.74 Å². The van der Waals surface area contributed by atoms with Gasteiger partial charge >= 0.3 is 12.3 Å². The molecule has 0 fully saturated rings. The molecular weight excluding hydrogens is 419 g/mol. The maximum Gasteiger partial charge on any atom is 0.416 e. The number of anilines is 1. The number of rotatable bonds is 7. The number of halogens is 3. The molecule has 0 aromatic heterocycles. The smallest absolute Gasteiger partial charge is 0.416 e. The van der Waals surface area contributed by atoms with E-state index in [2.05, 4.69) is 0 Å². The highest BCUT2D eigenvalue weighted by molar-refractivity contribution is 5.87. The topological polar surface area (TPSA) is 49.4 Å². The van der Waals surface area contributed by atoms with Crippen LogP contribution in [0.25, 0.3) is 11.1 Å². The standard InChI is InChI=1S/C25H23F3NO3/c1-2-3-14-32-24(31)29(21-10-5-4-6-11-21)17-18-8-7-9-19(15-18)22-16-20(25(26,27)28)12-13-23(22)30/h4-13,15-16H,2-3,14,17H2,1H3. The zero-order valence-corrected chi connectivity index (χ0v) is 17.6. The van der Waals surface area contributed by atoms with E-state index >= 15 is 0 Å². The van der Waals surface area contributed by atoms with Crippen molar-refractivity contribution < 1.29 is 27.8 Å². The predicted octanol–water partition coefficient (Wildman–Crippen LogP) is 7.46. The van der Waals surface area contributed by atoms with Gasteiger partial charge in [-0.05, 0) is 53.9 Å². The first-order chi connectivity index (χ1) is 15.3. The summed E-state index contributed by atoms with van der Waals surface area (Å²) in [6.07, 6.45) is -3.44. The van der Waals surface area contributed by atoms with Gasteiger partial charge in [-0.25, -0.2) is 4.79 Å². The van der Waals surface area contributed by atoms with Gasteiger partial charge in [0.1, 0.15) is 0 Å². The molecule has 7 heteroatoms. The number of benzene rings is 3. The van der Waals surface area contributed by atoms with Crippen LogP contribution in [0.3, 0.4) is 0 Å². The number of carbonyl (C=O) groups excluding carboxylic acids is 1. The molecule has 167 valence electrons. The first-order valence-electron chi connectivity index (χ1n) is 10.3. The zero-order chi connectivity index (χ0) is 23.1. The lowest BCUT2D eigenvalue weighted by atomic mass is 9.99. The van der Waals surface area contributed by atoms with Crippen molar-refractivity contribution in [3.8, 4) is 16.9 Å². The molecule has 1 radical (unpaired) electrons. The van der Waals surface area contributed by atoms with Crippen LogP contribution in [0.15, 0.2) is 72.8 Å². The fraction of sp³-hybridized carbons (Fsp3) is 0.240. The van der Waals surface area contributed by atoms with Crippen molar-refractivity contribution >= 4 is 11.8 Å². The third kappa shape index (κ3) is 5.81. The maximum atomic E-state index is 13.1. The second-order valence-corrected chi connectivity index (χ2v) is 7.30. The van der Waals surface area contributed by atoms with Gasteiger partial charge in [0.05, 0.1) is 18.7 Å². The van der Waals surface area contributed by atoms with Gasteiger partial charge in [0.2, 0.25) is 0 Å². The van der Waals surface area contributed by atoms with Crippen LogP contribution in [0, 0.1) is 0 Å². The van der Waals surface area contributed by atoms with Crippen molar-refractivity contribution in [2.75, 3.05) is 11.5 Å². The lowest BCUT2D eigenvalue weighted by molar-refractivity contribution is -0.137. The molecule has 0 heterocycles. The summed E-state index contributed by atoms with van der Waals surface area (Å²) in [7, 11) is 0. The van der Waals surface area contributed by atoms with E-state index in [1.165, 1.54) is 4.90 Å². The van der Waals surface area contributed by atoms with Crippen molar-refractivity contribution in [1.82, 2.24) is 0 Å². The average Bonchev–Trinajstić information content (AvgIpc) is 2.78. The Bertz CT molecular complexity index is 1050. The molecule has 0 unspecified atom stereocenters. The number of amides is 1. The molecule has 0 saturated heterocycles. The Morgan fingerprint density at radius 1 is 0.969 bits per heavy atom. The van der Waals surface area contributed by atoms with Crippen LogP contribution in [0.4, 0.5) is 23.7 Å². The molecule has 4 nitrogen and oxygen atoms in total. The number of hydrogen-bond donors (Lipinski definition) is 0. The van der Waals surface area contributed by atoms with Crippen LogP contribution in [-0.4, -0.2) is 12.7 Å². The molecule has 1 amide bonds. The van der Waals surface area contributed by atoms with Crippen molar-refractivity contribution in [2.24, 2.45) is 0 Å². The number of para-hydroxylation sites is 1. The number of hydrogen-bond acceptors (Lipinski definition) is 2. The van der Waals surface area contributed by atoms with E-state index < -0.39 is 23.6 Å². The highest BCUT2D eigenvalue weighted by atomic mass is 19.4. The molecule has 0 saturated carbocycles. The number of alkyl halides is 3. The van der Waals surface area contributed by atoms with Crippen LogP contribution in [-0.2, 0) is 22.6 Å². The largest absolute Gasteiger partial charge is 0.449 e. The van der Waals surface area contributed by atoms with Crippen molar-refractivity contribution in [2.45, 2.75) is 32.5 Å². The first-order valence-corrected chi connectivity index (χ1v) is 10.3. The Labute approximate surface area is 184 Å². The minimum absolute atomic E-state index is 0.0431. The predicted molar refractivity (Wildman–Crippen MR) is 116 cm³/mol. The van der Waals surface area contributed by atoms with Crippen LogP contribution in [0.5, 0.6) is 5.75 Å². The van der Waals surface area contributed by atoms with Gasteiger partial charge in [-0.1, -0.05) is 49.7 Å². The molecular formula is C25H23F3NO3. The first kappa shape index (κ1) is 23.2. The second-order valence-electron chi connectivity index (χ2n) is 7.30. The fourth-order valence-electron chi connectivity index (χ4n) is 3.20. The third-order valence-electron chi connectivity index (χ3n) is 4.90. The minimum atomic E-state index is -4.55. The van der Waals surface area contributed by atoms with Crippen LogP contribution >= 0.6 is 0 Å². The summed E-state index contributed by atoms with van der Waals surface area (Å²) in [5.41, 5.74) is 0.700. The van der Waals surface area contributed by atoms with Crippen LogP contribution < -0.4 is 4.90 Å². The van der Waals surface area contributed by atoms with Crippen molar-refractivity contribution in [1.29, 1.82) is 0 Å². The molecule has 0 atom stereocenters. The number of unbranched alkanes of at least 4 members (excludes halogenated alkanes) is 1. The molecule has 3 aromatic carbocycles. The second kappa shape index (κ2) is 10.2. The van der Waals surface area contributed by atoms with E-state index in [4.69, 9.17) is 4.74 Å². The van der Waals surface area contributed by atoms with E-state index in [-0.39, 0.29) is 12.1 Å². The van der Waals surface area contributed by atoms with Gasteiger partial charge in [0.25, 0.3) is 0 Å². The molecule has 0 aliphatic heterocycles. The van der Waals surface area contributed by atoms with Gasteiger partial charge in [0.15, 0.2) is 5.75 Å². The number of nitrogens with zero attached hydrogens (tertiary/aromatic N) is 1. The number of carbonyl (C=O) groups is 1. The number of ether oxygens (including phenoxy) is 1. The quantitative estimate of drug-likeness (QED) is 0.357. The summed E-state index contributed by atoms with van der Waals surface area (Å²) >= 11 is 0. The minimum Gasteiger partial charge on any atom is -0.449 e. The van der Waals surface area contributed by atoms with Gasteiger partial charge in [-0.15, -0.1) is 0 Å². The summed E-state index contributed by atoms with van der Waals surface area (Å²) < 4.78 is 44.7.